The fourth-order valence-electron chi connectivity index (χ4n) is 5.16. The van der Waals surface area contributed by atoms with Crippen molar-refractivity contribution in [1.29, 1.82) is 0 Å². The normalized spacial score (nSPS) is 30.9. The molecule has 7 nitrogen and oxygen atoms in total. The Morgan fingerprint density at radius 3 is 2.24 bits per heavy atom. The lowest BCUT2D eigenvalue weighted by Gasteiger charge is -2.39. The molecule has 3 aliphatic heterocycles. The van der Waals surface area contributed by atoms with Gasteiger partial charge >= 0.3 is 0 Å². The van der Waals surface area contributed by atoms with Crippen LogP contribution in [0.2, 0.25) is 0 Å². The van der Waals surface area contributed by atoms with Gasteiger partial charge in [0.2, 0.25) is 5.91 Å². The van der Waals surface area contributed by atoms with Gasteiger partial charge in [-0.2, -0.15) is 17.0 Å². The van der Waals surface area contributed by atoms with Crippen molar-refractivity contribution in [2.24, 2.45) is 5.92 Å². The third-order valence-electron chi connectivity index (χ3n) is 6.99. The van der Waals surface area contributed by atoms with Crippen LogP contribution in [0.5, 0.6) is 0 Å². The average molecular weight is 429 g/mol. The molecule has 1 amide bonds. The van der Waals surface area contributed by atoms with Gasteiger partial charge in [-0.15, -0.1) is 0 Å². The van der Waals surface area contributed by atoms with Crippen LogP contribution < -0.4 is 5.32 Å². The highest BCUT2D eigenvalue weighted by Gasteiger charge is 2.36. The molecule has 0 spiro atoms. The van der Waals surface area contributed by atoms with Crippen LogP contribution in [0.3, 0.4) is 0 Å². The Morgan fingerprint density at radius 2 is 1.55 bits per heavy atom. The van der Waals surface area contributed by atoms with Crippen LogP contribution in [0.15, 0.2) is 0 Å². The fourth-order valence-corrected chi connectivity index (χ4v) is 6.93. The van der Waals surface area contributed by atoms with E-state index in [1.165, 1.54) is 19.3 Å². The van der Waals surface area contributed by atoms with E-state index in [0.29, 0.717) is 44.8 Å². The third-order valence-corrected chi connectivity index (χ3v) is 8.99. The molecule has 0 saturated carbocycles. The largest absolute Gasteiger partial charge is 0.356 e. The van der Waals surface area contributed by atoms with Gasteiger partial charge < -0.3 is 5.32 Å². The predicted molar refractivity (Wildman–Crippen MR) is 116 cm³/mol. The Bertz CT molecular complexity index is 626. The second-order valence-electron chi connectivity index (χ2n) is 9.18. The van der Waals surface area contributed by atoms with Crippen molar-refractivity contribution in [3.63, 3.8) is 0 Å². The first-order valence-electron chi connectivity index (χ1n) is 11.7. The number of rotatable bonds is 7. The van der Waals surface area contributed by atoms with Crippen LogP contribution >= 0.6 is 0 Å². The van der Waals surface area contributed by atoms with Crippen molar-refractivity contribution in [2.45, 2.75) is 83.7 Å². The quantitative estimate of drug-likeness (QED) is 0.631. The van der Waals surface area contributed by atoms with Crippen LogP contribution in [-0.4, -0.2) is 79.2 Å². The molecule has 3 fully saturated rings. The SMILES string of the molecule is C[C@@H]1CCC[C@H](C)N1CCCNC(=O)[C@@H]1CCCN(S(=O)(=O)N2CCCCC2)C1. The zero-order valence-electron chi connectivity index (χ0n) is 18.3. The van der Waals surface area contributed by atoms with Crippen LogP contribution in [0, 0.1) is 5.92 Å². The highest BCUT2D eigenvalue weighted by Crippen LogP contribution is 2.24. The van der Waals surface area contributed by atoms with Crippen molar-refractivity contribution < 1.29 is 13.2 Å². The number of nitrogens with zero attached hydrogens (tertiary/aromatic N) is 3. The van der Waals surface area contributed by atoms with Crippen molar-refractivity contribution in [2.75, 3.05) is 39.3 Å². The van der Waals surface area contributed by atoms with Gasteiger partial charge in [-0.05, 0) is 58.8 Å². The molecule has 29 heavy (non-hydrogen) atoms. The van der Waals surface area contributed by atoms with Gasteiger partial charge in [0, 0.05) is 51.4 Å². The van der Waals surface area contributed by atoms with Gasteiger partial charge in [0.05, 0.1) is 5.92 Å². The lowest BCUT2D eigenvalue weighted by atomic mass is 9.97. The molecule has 3 rings (SSSR count). The van der Waals surface area contributed by atoms with Crippen molar-refractivity contribution in [3.05, 3.63) is 0 Å². The summed E-state index contributed by atoms with van der Waals surface area (Å²) in [6.07, 6.45) is 9.30. The molecule has 8 heteroatoms. The van der Waals surface area contributed by atoms with Crippen LogP contribution in [0.25, 0.3) is 0 Å². The Kier molecular flexibility index (Phi) is 8.36. The summed E-state index contributed by atoms with van der Waals surface area (Å²) in [5.74, 6) is -0.209. The molecule has 3 atom stereocenters. The molecule has 1 N–H and O–H groups in total. The summed E-state index contributed by atoms with van der Waals surface area (Å²) in [6.45, 7) is 8.37. The first-order valence-corrected chi connectivity index (χ1v) is 13.1. The average Bonchev–Trinajstić information content (AvgIpc) is 2.73. The number of hydrogen-bond donors (Lipinski definition) is 1. The van der Waals surface area contributed by atoms with Gasteiger partial charge in [-0.3, -0.25) is 9.69 Å². The van der Waals surface area contributed by atoms with E-state index in [0.717, 1.165) is 45.1 Å². The second-order valence-corrected chi connectivity index (χ2v) is 11.1. The molecule has 0 unspecified atom stereocenters. The summed E-state index contributed by atoms with van der Waals surface area (Å²) >= 11 is 0. The Labute approximate surface area is 177 Å². The lowest BCUT2D eigenvalue weighted by molar-refractivity contribution is -0.126. The second kappa shape index (κ2) is 10.6. The molecular weight excluding hydrogens is 388 g/mol. The number of nitrogens with one attached hydrogen (secondary N) is 1. The molecular formula is C21H40N4O3S. The van der Waals surface area contributed by atoms with Crippen molar-refractivity contribution in [3.8, 4) is 0 Å². The number of hydrogen-bond acceptors (Lipinski definition) is 4. The molecule has 3 saturated heterocycles. The molecule has 0 aliphatic carbocycles. The number of likely N-dealkylation sites (tertiary alicyclic amines) is 1. The van der Waals surface area contributed by atoms with E-state index in [2.05, 4.69) is 24.1 Å². The summed E-state index contributed by atoms with van der Waals surface area (Å²) < 4.78 is 29.0. The maximum Gasteiger partial charge on any atom is 0.281 e. The molecule has 0 aromatic carbocycles. The Hall–Kier alpha value is -0.700. The number of piperidine rings is 3. The monoisotopic (exact) mass is 428 g/mol. The molecule has 3 aliphatic rings. The van der Waals surface area contributed by atoms with Crippen LogP contribution in [-0.2, 0) is 15.0 Å². The van der Waals surface area contributed by atoms with Gasteiger partial charge in [0.15, 0.2) is 0 Å². The highest BCUT2D eigenvalue weighted by molar-refractivity contribution is 7.86. The van der Waals surface area contributed by atoms with Gasteiger partial charge in [-0.25, -0.2) is 0 Å². The van der Waals surface area contributed by atoms with E-state index in [-0.39, 0.29) is 11.8 Å². The van der Waals surface area contributed by atoms with Crippen LogP contribution in [0.4, 0.5) is 0 Å². The Balaban J connectivity index is 1.43. The minimum absolute atomic E-state index is 0.0169. The Morgan fingerprint density at radius 1 is 0.897 bits per heavy atom. The van der Waals surface area contributed by atoms with Gasteiger partial charge in [-0.1, -0.05) is 12.8 Å². The summed E-state index contributed by atoms with van der Waals surface area (Å²) in [7, 11) is -3.42. The van der Waals surface area contributed by atoms with E-state index < -0.39 is 10.2 Å². The van der Waals surface area contributed by atoms with Gasteiger partial charge in [0.25, 0.3) is 10.2 Å². The minimum Gasteiger partial charge on any atom is -0.356 e. The first kappa shape index (κ1) is 23.0. The van der Waals surface area contributed by atoms with E-state index in [1.54, 1.807) is 8.61 Å². The minimum atomic E-state index is -3.42. The summed E-state index contributed by atoms with van der Waals surface area (Å²) in [5, 5.41) is 3.07. The summed E-state index contributed by atoms with van der Waals surface area (Å²) in [5.41, 5.74) is 0. The fraction of sp³-hybridized carbons (Fsp3) is 0.952. The van der Waals surface area contributed by atoms with Crippen molar-refractivity contribution >= 4 is 16.1 Å². The smallest absolute Gasteiger partial charge is 0.281 e. The van der Waals surface area contributed by atoms with Crippen molar-refractivity contribution in [1.82, 2.24) is 18.8 Å². The molecule has 168 valence electrons. The van der Waals surface area contributed by atoms with E-state index >= 15 is 0 Å². The van der Waals surface area contributed by atoms with E-state index in [9.17, 15) is 13.2 Å². The van der Waals surface area contributed by atoms with Crippen LogP contribution in [0.1, 0.15) is 71.6 Å². The summed E-state index contributed by atoms with van der Waals surface area (Å²) in [4.78, 5) is 15.2. The molecule has 0 bridgehead atoms. The van der Waals surface area contributed by atoms with E-state index in [4.69, 9.17) is 0 Å². The molecule has 0 aromatic rings. The maximum absolute atomic E-state index is 12.9. The highest BCUT2D eigenvalue weighted by atomic mass is 32.2. The van der Waals surface area contributed by atoms with Gasteiger partial charge in [0.1, 0.15) is 0 Å². The first-order chi connectivity index (χ1) is 13.9. The standard InChI is InChI=1S/C21H40N4O3S/c1-18-9-6-10-19(2)25(18)16-8-12-22-21(26)20-11-7-15-24(17-20)29(27,28)23-13-4-3-5-14-23/h18-20H,3-17H2,1-2H3,(H,22,26)/t18-,19+,20-/m1/s1. The molecule has 0 radical (unpaired) electrons. The predicted octanol–water partition coefficient (Wildman–Crippen LogP) is 2.20. The number of carbonyl (C=O) groups excluding carboxylic acids is 1. The maximum atomic E-state index is 12.9. The molecule has 3 heterocycles. The summed E-state index contributed by atoms with van der Waals surface area (Å²) in [6, 6.07) is 1.25. The topological polar surface area (TPSA) is 73.0 Å². The zero-order chi connectivity index (χ0) is 20.9. The molecule has 0 aromatic heterocycles. The zero-order valence-corrected chi connectivity index (χ0v) is 19.1. The lowest BCUT2D eigenvalue weighted by Crippen LogP contribution is -2.51. The number of amides is 1. The third kappa shape index (κ3) is 5.93. The number of carbonyl (C=O) groups is 1. The van der Waals surface area contributed by atoms with E-state index in [1.807, 2.05) is 0 Å².